The van der Waals surface area contributed by atoms with E-state index in [-0.39, 0.29) is 48.1 Å². The van der Waals surface area contributed by atoms with E-state index >= 15 is 0 Å². The molecule has 0 N–H and O–H groups in total. The minimum atomic E-state index is -0.459. The monoisotopic (exact) mass is 507 g/mol. The molecule has 3 atom stereocenters. The first-order chi connectivity index (χ1) is 17.4. The maximum Gasteiger partial charge on any atom is 0.255 e. The number of likely N-dealkylation sites (N-methyl/N-ethyl adjacent to an activating group) is 1. The SMILES string of the molecule is CC(C)N(C(=O)c1cccc([C@@H]2O[C@@H](c3ccccc3)[C@@H](C)N2C)c1C(=O)N(C(C)C)C(C)C)C(C)C. The Hall–Kier alpha value is -2.70. The second kappa shape index (κ2) is 11.8. The smallest absolute Gasteiger partial charge is 0.255 e. The third kappa shape index (κ3) is 5.75. The molecule has 1 aliphatic rings. The molecule has 202 valence electrons. The summed E-state index contributed by atoms with van der Waals surface area (Å²) in [5.74, 6) is -0.264. The van der Waals surface area contributed by atoms with Crippen molar-refractivity contribution in [2.24, 2.45) is 0 Å². The number of amides is 2. The third-order valence-corrected chi connectivity index (χ3v) is 7.36. The molecule has 37 heavy (non-hydrogen) atoms. The normalized spacial score (nSPS) is 20.3. The first kappa shape index (κ1) is 28.9. The molecular weight excluding hydrogens is 462 g/mol. The van der Waals surface area contributed by atoms with Gasteiger partial charge in [-0.3, -0.25) is 14.5 Å². The number of carbonyl (C=O) groups excluding carboxylic acids is 2. The Morgan fingerprint density at radius 2 is 1.27 bits per heavy atom. The van der Waals surface area contributed by atoms with Crippen molar-refractivity contribution in [1.82, 2.24) is 14.7 Å². The molecule has 1 aliphatic heterocycles. The standard InChI is InChI=1S/C31H45N3O3/c1-19(2)33(20(3)4)29(35)25-17-14-18-26(27(25)30(36)34(21(5)6)22(7)8)31-32(10)23(9)28(37-31)24-15-12-11-13-16-24/h11-23,28,31H,1-10H3/t23-,28-,31+/m1/s1. The molecule has 0 spiro atoms. The van der Waals surface area contributed by atoms with Crippen molar-refractivity contribution in [3.63, 3.8) is 0 Å². The highest BCUT2D eigenvalue weighted by Gasteiger charge is 2.42. The largest absolute Gasteiger partial charge is 0.349 e. The minimum Gasteiger partial charge on any atom is -0.349 e. The van der Waals surface area contributed by atoms with Crippen molar-refractivity contribution in [3.05, 3.63) is 70.8 Å². The van der Waals surface area contributed by atoms with Gasteiger partial charge in [0.25, 0.3) is 11.8 Å². The molecule has 0 saturated carbocycles. The van der Waals surface area contributed by atoms with Gasteiger partial charge in [0.15, 0.2) is 0 Å². The average molecular weight is 508 g/mol. The van der Waals surface area contributed by atoms with Crippen LogP contribution in [-0.2, 0) is 4.74 Å². The summed E-state index contributed by atoms with van der Waals surface area (Å²) in [6.45, 7) is 18.3. The summed E-state index contributed by atoms with van der Waals surface area (Å²) in [6, 6.07) is 15.8. The molecule has 1 saturated heterocycles. The highest BCUT2D eigenvalue weighted by atomic mass is 16.5. The van der Waals surface area contributed by atoms with E-state index in [0.717, 1.165) is 11.1 Å². The van der Waals surface area contributed by atoms with Gasteiger partial charge in [-0.2, -0.15) is 0 Å². The zero-order chi connectivity index (χ0) is 27.6. The van der Waals surface area contributed by atoms with Gasteiger partial charge in [0.05, 0.1) is 11.1 Å². The van der Waals surface area contributed by atoms with Crippen molar-refractivity contribution in [2.45, 2.75) is 105 Å². The van der Waals surface area contributed by atoms with E-state index in [2.05, 4.69) is 24.0 Å². The molecule has 3 rings (SSSR count). The molecule has 2 amide bonds. The van der Waals surface area contributed by atoms with E-state index in [1.54, 1.807) is 6.07 Å². The van der Waals surface area contributed by atoms with Gasteiger partial charge in [0.1, 0.15) is 12.3 Å². The summed E-state index contributed by atoms with van der Waals surface area (Å²) in [7, 11) is 2.03. The van der Waals surface area contributed by atoms with Crippen LogP contribution in [0, 0.1) is 0 Å². The molecule has 0 radical (unpaired) electrons. The molecule has 2 aromatic carbocycles. The van der Waals surface area contributed by atoms with Gasteiger partial charge in [-0.1, -0.05) is 42.5 Å². The minimum absolute atomic E-state index is 0.00158. The van der Waals surface area contributed by atoms with Crippen molar-refractivity contribution in [2.75, 3.05) is 7.05 Å². The summed E-state index contributed by atoms with van der Waals surface area (Å²) in [6.07, 6.45) is -0.604. The van der Waals surface area contributed by atoms with Gasteiger partial charge in [0, 0.05) is 35.8 Å². The lowest BCUT2D eigenvalue weighted by atomic mass is 9.95. The van der Waals surface area contributed by atoms with Gasteiger partial charge >= 0.3 is 0 Å². The number of ether oxygens (including phenoxy) is 1. The maximum absolute atomic E-state index is 14.3. The van der Waals surface area contributed by atoms with Gasteiger partial charge < -0.3 is 14.5 Å². The Morgan fingerprint density at radius 1 is 0.757 bits per heavy atom. The number of benzene rings is 2. The molecule has 0 bridgehead atoms. The molecule has 0 aliphatic carbocycles. The van der Waals surface area contributed by atoms with Gasteiger partial charge in [-0.15, -0.1) is 0 Å². The molecule has 1 heterocycles. The van der Waals surface area contributed by atoms with Crippen molar-refractivity contribution in [3.8, 4) is 0 Å². The Morgan fingerprint density at radius 3 is 1.78 bits per heavy atom. The van der Waals surface area contributed by atoms with Crippen molar-refractivity contribution >= 4 is 11.8 Å². The Kier molecular flexibility index (Phi) is 9.19. The summed E-state index contributed by atoms with van der Waals surface area (Å²) >= 11 is 0. The number of nitrogens with zero attached hydrogens (tertiary/aromatic N) is 3. The molecule has 1 fully saturated rings. The fraction of sp³-hybridized carbons (Fsp3) is 0.548. The molecule has 6 heteroatoms. The van der Waals surface area contributed by atoms with Crippen LogP contribution in [0.5, 0.6) is 0 Å². The zero-order valence-corrected chi connectivity index (χ0v) is 24.2. The predicted molar refractivity (Wildman–Crippen MR) is 150 cm³/mol. The number of carbonyl (C=O) groups is 2. The Balaban J connectivity index is 2.20. The predicted octanol–water partition coefficient (Wildman–Crippen LogP) is 6.30. The maximum atomic E-state index is 14.3. The highest BCUT2D eigenvalue weighted by molar-refractivity contribution is 6.08. The lowest BCUT2D eigenvalue weighted by Crippen LogP contribution is -2.46. The zero-order valence-electron chi connectivity index (χ0n) is 24.2. The number of hydrogen-bond acceptors (Lipinski definition) is 4. The quantitative estimate of drug-likeness (QED) is 0.421. The second-order valence-corrected chi connectivity index (χ2v) is 11.3. The Labute approximate surface area is 223 Å². The molecule has 2 aromatic rings. The first-order valence-electron chi connectivity index (χ1n) is 13.6. The van der Waals surface area contributed by atoms with E-state index in [1.807, 2.05) is 103 Å². The lowest BCUT2D eigenvalue weighted by Gasteiger charge is -2.35. The summed E-state index contributed by atoms with van der Waals surface area (Å²) in [4.78, 5) is 34.2. The topological polar surface area (TPSA) is 53.1 Å². The Bertz CT molecular complexity index is 1060. The van der Waals surface area contributed by atoms with Crippen LogP contribution in [0.2, 0.25) is 0 Å². The van der Waals surface area contributed by atoms with E-state index in [0.29, 0.717) is 11.1 Å². The van der Waals surface area contributed by atoms with Crippen LogP contribution >= 0.6 is 0 Å². The summed E-state index contributed by atoms with van der Waals surface area (Å²) in [5, 5.41) is 0. The van der Waals surface area contributed by atoms with E-state index in [9.17, 15) is 9.59 Å². The highest BCUT2D eigenvalue weighted by Crippen LogP contribution is 2.43. The van der Waals surface area contributed by atoms with Crippen LogP contribution in [0.15, 0.2) is 48.5 Å². The number of rotatable bonds is 8. The molecule has 0 unspecified atom stereocenters. The fourth-order valence-corrected chi connectivity index (χ4v) is 5.66. The fourth-order valence-electron chi connectivity index (χ4n) is 5.66. The van der Waals surface area contributed by atoms with E-state index in [4.69, 9.17) is 4.74 Å². The van der Waals surface area contributed by atoms with Crippen LogP contribution in [0.1, 0.15) is 106 Å². The third-order valence-electron chi connectivity index (χ3n) is 7.36. The van der Waals surface area contributed by atoms with Crippen LogP contribution in [0.3, 0.4) is 0 Å². The average Bonchev–Trinajstić information content (AvgIpc) is 3.12. The molecule has 6 nitrogen and oxygen atoms in total. The molecule has 0 aromatic heterocycles. The number of hydrogen-bond donors (Lipinski definition) is 0. The second-order valence-electron chi connectivity index (χ2n) is 11.3. The van der Waals surface area contributed by atoms with Gasteiger partial charge in [-0.25, -0.2) is 0 Å². The first-order valence-corrected chi connectivity index (χ1v) is 13.6. The lowest BCUT2D eigenvalue weighted by molar-refractivity contribution is 0.00445. The van der Waals surface area contributed by atoms with Crippen LogP contribution in [-0.4, -0.2) is 63.8 Å². The summed E-state index contributed by atoms with van der Waals surface area (Å²) in [5.41, 5.74) is 2.71. The van der Waals surface area contributed by atoms with Crippen LogP contribution in [0.4, 0.5) is 0 Å². The summed E-state index contributed by atoms with van der Waals surface area (Å²) < 4.78 is 6.67. The van der Waals surface area contributed by atoms with Crippen LogP contribution in [0.25, 0.3) is 0 Å². The van der Waals surface area contributed by atoms with Gasteiger partial charge in [-0.05, 0) is 81.0 Å². The molecular formula is C31H45N3O3. The van der Waals surface area contributed by atoms with Crippen molar-refractivity contribution < 1.29 is 14.3 Å². The van der Waals surface area contributed by atoms with Crippen molar-refractivity contribution in [1.29, 1.82) is 0 Å². The van der Waals surface area contributed by atoms with Crippen LogP contribution < -0.4 is 0 Å². The van der Waals surface area contributed by atoms with E-state index in [1.165, 1.54) is 0 Å². The van der Waals surface area contributed by atoms with E-state index < -0.39 is 6.23 Å². The van der Waals surface area contributed by atoms with Gasteiger partial charge in [0.2, 0.25) is 0 Å².